The first kappa shape index (κ1) is 38.2. The average molecular weight is 561 g/mol. The molecule has 0 saturated carbocycles. The van der Waals surface area contributed by atoms with Gasteiger partial charge in [0.2, 0.25) is 0 Å². The van der Waals surface area contributed by atoms with E-state index in [2.05, 4.69) is 44.2 Å². The van der Waals surface area contributed by atoms with Gasteiger partial charge in [0.1, 0.15) is 0 Å². The number of carboxylic acid groups (broad SMARTS) is 2. The molecule has 0 radical (unpaired) electrons. The molecule has 1 atom stereocenters. The van der Waals surface area contributed by atoms with Gasteiger partial charge in [0.25, 0.3) is 0 Å². The predicted molar refractivity (Wildman–Crippen MR) is 172 cm³/mol. The van der Waals surface area contributed by atoms with Crippen molar-refractivity contribution in [2.75, 3.05) is 0 Å². The van der Waals surface area contributed by atoms with Crippen molar-refractivity contribution in [3.8, 4) is 0 Å². The molecule has 1 unspecified atom stereocenters. The molecule has 0 saturated heterocycles. The van der Waals surface area contributed by atoms with Crippen molar-refractivity contribution in [1.82, 2.24) is 0 Å². The SMILES string of the molecule is CCCCCC=CCC=C(CCCCCCCC(=O)O)C(CCC=CCCCCC)CCCCCCCC(=O)O. The van der Waals surface area contributed by atoms with Crippen LogP contribution in [0.25, 0.3) is 0 Å². The van der Waals surface area contributed by atoms with E-state index < -0.39 is 11.9 Å². The van der Waals surface area contributed by atoms with Gasteiger partial charge in [-0.1, -0.05) is 120 Å². The predicted octanol–water partition coefficient (Wildman–Crippen LogP) is 11.6. The van der Waals surface area contributed by atoms with Crippen LogP contribution in [0, 0.1) is 5.92 Å². The summed E-state index contributed by atoms with van der Waals surface area (Å²) in [7, 11) is 0. The van der Waals surface area contributed by atoms with Gasteiger partial charge in [0.05, 0.1) is 0 Å². The van der Waals surface area contributed by atoms with Gasteiger partial charge in [-0.3, -0.25) is 9.59 Å². The van der Waals surface area contributed by atoms with E-state index in [0.29, 0.717) is 18.8 Å². The molecule has 0 aromatic carbocycles. The summed E-state index contributed by atoms with van der Waals surface area (Å²) in [6.07, 6.45) is 39.2. The Hall–Kier alpha value is -1.84. The van der Waals surface area contributed by atoms with Crippen LogP contribution in [0.2, 0.25) is 0 Å². The van der Waals surface area contributed by atoms with Crippen LogP contribution in [0.3, 0.4) is 0 Å². The zero-order chi connectivity index (χ0) is 29.5. The molecule has 2 N–H and O–H groups in total. The van der Waals surface area contributed by atoms with Crippen molar-refractivity contribution in [2.24, 2.45) is 5.92 Å². The number of aliphatic carboxylic acids is 2. The minimum atomic E-state index is -0.683. The van der Waals surface area contributed by atoms with Crippen LogP contribution in [0.15, 0.2) is 36.0 Å². The van der Waals surface area contributed by atoms with Crippen LogP contribution in [0.4, 0.5) is 0 Å². The van der Waals surface area contributed by atoms with Gasteiger partial charge in [-0.2, -0.15) is 0 Å². The summed E-state index contributed by atoms with van der Waals surface area (Å²) >= 11 is 0. The lowest BCUT2D eigenvalue weighted by Gasteiger charge is -2.21. The first-order valence-electron chi connectivity index (χ1n) is 16.9. The standard InChI is InChI=1S/C36H64O4/c1-3-5-7-9-11-15-21-27-33(29-23-17-13-19-25-31-35(37)38)34(28-22-16-12-10-8-6-4-2)30-24-18-14-20-26-32-36(39)40/h11-12,15-16,27,34H,3-10,13-14,17-26,28-32H2,1-2H3,(H,37,38)(H,39,40). The topological polar surface area (TPSA) is 74.6 Å². The van der Waals surface area contributed by atoms with Crippen molar-refractivity contribution in [1.29, 1.82) is 0 Å². The van der Waals surface area contributed by atoms with E-state index in [0.717, 1.165) is 57.8 Å². The van der Waals surface area contributed by atoms with E-state index in [4.69, 9.17) is 10.2 Å². The molecule has 0 aliphatic rings. The summed E-state index contributed by atoms with van der Waals surface area (Å²) in [4.78, 5) is 21.5. The lowest BCUT2D eigenvalue weighted by atomic mass is 9.85. The molecule has 232 valence electrons. The number of allylic oxidation sites excluding steroid dienone is 6. The molecule has 4 heteroatoms. The lowest BCUT2D eigenvalue weighted by Crippen LogP contribution is -2.06. The molecule has 0 fully saturated rings. The molecule has 0 amide bonds. The minimum Gasteiger partial charge on any atom is -0.481 e. The Morgan fingerprint density at radius 3 is 1.55 bits per heavy atom. The fraction of sp³-hybridized carbons (Fsp3) is 0.778. The Morgan fingerprint density at radius 1 is 0.525 bits per heavy atom. The van der Waals surface area contributed by atoms with E-state index in [1.807, 2.05) is 0 Å². The van der Waals surface area contributed by atoms with E-state index in [9.17, 15) is 9.59 Å². The van der Waals surface area contributed by atoms with E-state index in [-0.39, 0.29) is 0 Å². The third-order valence-electron chi connectivity index (χ3n) is 7.80. The molecular formula is C36H64O4. The third-order valence-corrected chi connectivity index (χ3v) is 7.80. The zero-order valence-electron chi connectivity index (χ0n) is 26.4. The number of carbonyl (C=O) groups is 2. The van der Waals surface area contributed by atoms with Gasteiger partial charge < -0.3 is 10.2 Å². The molecule has 0 rings (SSSR count). The second-order valence-corrected chi connectivity index (χ2v) is 11.6. The normalized spacial score (nSPS) is 13.0. The monoisotopic (exact) mass is 560 g/mol. The Balaban J connectivity index is 5.04. The van der Waals surface area contributed by atoms with Crippen molar-refractivity contribution < 1.29 is 19.8 Å². The van der Waals surface area contributed by atoms with Crippen molar-refractivity contribution in [2.45, 2.75) is 174 Å². The van der Waals surface area contributed by atoms with Crippen LogP contribution in [0.5, 0.6) is 0 Å². The Labute approximate surface area is 247 Å². The fourth-order valence-corrected chi connectivity index (χ4v) is 5.31. The van der Waals surface area contributed by atoms with Crippen LogP contribution in [-0.4, -0.2) is 22.2 Å². The quantitative estimate of drug-likeness (QED) is 0.0676. The largest absolute Gasteiger partial charge is 0.481 e. The van der Waals surface area contributed by atoms with E-state index in [1.165, 1.54) is 89.9 Å². The smallest absolute Gasteiger partial charge is 0.303 e. The molecule has 0 aromatic heterocycles. The highest BCUT2D eigenvalue weighted by molar-refractivity contribution is 5.66. The van der Waals surface area contributed by atoms with Crippen molar-refractivity contribution in [3.63, 3.8) is 0 Å². The van der Waals surface area contributed by atoms with Gasteiger partial charge in [-0.05, 0) is 83.0 Å². The summed E-state index contributed by atoms with van der Waals surface area (Å²) in [5.74, 6) is -0.740. The van der Waals surface area contributed by atoms with Crippen molar-refractivity contribution in [3.05, 3.63) is 36.0 Å². The molecular weight excluding hydrogens is 496 g/mol. The van der Waals surface area contributed by atoms with Crippen molar-refractivity contribution >= 4 is 11.9 Å². The Kier molecular flexibility index (Phi) is 28.7. The summed E-state index contributed by atoms with van der Waals surface area (Å²) < 4.78 is 0. The summed E-state index contributed by atoms with van der Waals surface area (Å²) in [6.45, 7) is 4.51. The van der Waals surface area contributed by atoms with Gasteiger partial charge in [0, 0.05) is 12.8 Å². The maximum Gasteiger partial charge on any atom is 0.303 e. The highest BCUT2D eigenvalue weighted by atomic mass is 16.4. The third kappa shape index (κ3) is 27.7. The number of rotatable bonds is 30. The van der Waals surface area contributed by atoms with Gasteiger partial charge in [-0.15, -0.1) is 0 Å². The van der Waals surface area contributed by atoms with Gasteiger partial charge in [0.15, 0.2) is 0 Å². The second-order valence-electron chi connectivity index (χ2n) is 11.6. The van der Waals surface area contributed by atoms with Gasteiger partial charge in [-0.25, -0.2) is 0 Å². The second kappa shape index (κ2) is 30.1. The molecule has 0 aliphatic carbocycles. The molecule has 40 heavy (non-hydrogen) atoms. The molecule has 4 nitrogen and oxygen atoms in total. The number of carboxylic acids is 2. The van der Waals surface area contributed by atoms with E-state index >= 15 is 0 Å². The Bertz CT molecular complexity index is 676. The maximum absolute atomic E-state index is 10.8. The van der Waals surface area contributed by atoms with Crippen LogP contribution in [0.1, 0.15) is 174 Å². The van der Waals surface area contributed by atoms with Gasteiger partial charge >= 0.3 is 11.9 Å². The molecule has 0 bridgehead atoms. The number of hydrogen-bond donors (Lipinski definition) is 2. The number of unbranched alkanes of at least 4 members (excludes halogenated alkanes) is 14. The highest BCUT2D eigenvalue weighted by Gasteiger charge is 2.14. The van der Waals surface area contributed by atoms with Crippen LogP contribution < -0.4 is 0 Å². The summed E-state index contributed by atoms with van der Waals surface area (Å²) in [5, 5.41) is 17.7. The zero-order valence-corrected chi connectivity index (χ0v) is 26.4. The maximum atomic E-state index is 10.8. The van der Waals surface area contributed by atoms with Crippen LogP contribution in [-0.2, 0) is 9.59 Å². The highest BCUT2D eigenvalue weighted by Crippen LogP contribution is 2.29. The molecule has 0 aliphatic heterocycles. The fourth-order valence-electron chi connectivity index (χ4n) is 5.31. The molecule has 0 spiro atoms. The number of hydrogen-bond acceptors (Lipinski definition) is 2. The minimum absolute atomic E-state index is 0.292. The van der Waals surface area contributed by atoms with E-state index in [1.54, 1.807) is 5.57 Å². The molecule has 0 aromatic rings. The average Bonchev–Trinajstić information content (AvgIpc) is 2.92. The molecule has 0 heterocycles. The van der Waals surface area contributed by atoms with Crippen LogP contribution >= 0.6 is 0 Å². The first-order chi connectivity index (χ1) is 19.5. The lowest BCUT2D eigenvalue weighted by molar-refractivity contribution is -0.138. The Morgan fingerprint density at radius 2 is 1.00 bits per heavy atom. The summed E-state index contributed by atoms with van der Waals surface area (Å²) in [6, 6.07) is 0. The first-order valence-corrected chi connectivity index (χ1v) is 16.9. The summed E-state index contributed by atoms with van der Waals surface area (Å²) in [5.41, 5.74) is 1.63.